The lowest BCUT2D eigenvalue weighted by atomic mass is 9.94. The van der Waals surface area contributed by atoms with Crippen molar-refractivity contribution in [3.05, 3.63) is 64.6 Å². The van der Waals surface area contributed by atoms with E-state index in [4.69, 9.17) is 17.0 Å². The highest BCUT2D eigenvalue weighted by molar-refractivity contribution is 8.26. The topological polar surface area (TPSA) is 96.0 Å². The molecule has 0 bridgehead atoms. The number of ether oxygens (including phenoxy) is 1. The molecular weight excluding hydrogens is 522 g/mol. The molecule has 0 spiro atoms. The Labute approximate surface area is 230 Å². The first-order chi connectivity index (χ1) is 18.4. The van der Waals surface area contributed by atoms with Crippen molar-refractivity contribution in [2.45, 2.75) is 45.1 Å². The summed E-state index contributed by atoms with van der Waals surface area (Å²) in [5, 5.41) is 2.77. The second kappa shape index (κ2) is 11.1. The largest absolute Gasteiger partial charge is 0.462 e. The summed E-state index contributed by atoms with van der Waals surface area (Å²) in [7, 11) is 0. The average Bonchev–Trinajstić information content (AvgIpc) is 3.36. The summed E-state index contributed by atoms with van der Waals surface area (Å²) in [5.74, 6) is -1.47. The lowest BCUT2D eigenvalue weighted by Crippen LogP contribution is -2.40. The van der Waals surface area contributed by atoms with Crippen molar-refractivity contribution in [2.24, 2.45) is 0 Å². The Morgan fingerprint density at radius 3 is 2.45 bits per heavy atom. The first kappa shape index (κ1) is 26.1. The minimum absolute atomic E-state index is 0.0678. The number of anilines is 2. The number of rotatable bonds is 6. The molecule has 2 fully saturated rings. The number of fused-ring (bicyclic) bond motifs is 1. The summed E-state index contributed by atoms with van der Waals surface area (Å²) in [6.45, 7) is 1.77. The summed E-state index contributed by atoms with van der Waals surface area (Å²) < 4.78 is 5.46. The van der Waals surface area contributed by atoms with Gasteiger partial charge in [-0.05, 0) is 50.1 Å². The molecule has 10 heteroatoms. The van der Waals surface area contributed by atoms with Gasteiger partial charge in [0, 0.05) is 17.3 Å². The molecular formula is C28H27N3O5S2. The summed E-state index contributed by atoms with van der Waals surface area (Å²) in [6, 6.07) is 13.6. The number of hydrogen-bond donors (Lipinski definition) is 1. The maximum absolute atomic E-state index is 13.7. The molecule has 0 atom stereocenters. The number of carbonyl (C=O) groups excluding carboxylic acids is 4. The number of hydrogen-bond acceptors (Lipinski definition) is 7. The highest BCUT2D eigenvalue weighted by Gasteiger charge is 2.44. The molecule has 38 heavy (non-hydrogen) atoms. The Kier molecular flexibility index (Phi) is 7.62. The molecule has 3 amide bonds. The molecule has 0 radical (unpaired) electrons. The summed E-state index contributed by atoms with van der Waals surface area (Å²) in [4.78, 5) is 55.4. The molecule has 1 saturated carbocycles. The number of benzene rings is 2. The molecule has 8 nitrogen and oxygen atoms in total. The monoisotopic (exact) mass is 549 g/mol. The molecule has 2 aliphatic heterocycles. The summed E-state index contributed by atoms with van der Waals surface area (Å²) in [5.41, 5.74) is 2.35. The van der Waals surface area contributed by atoms with E-state index in [2.05, 4.69) is 5.32 Å². The molecule has 5 rings (SSSR count). The SMILES string of the molecule is CCOC(=O)c1ccc(NC(=O)CN2C(=O)C(=C3SC(=S)N(C4CCCCC4)C3=O)c3ccccc32)cc1. The zero-order chi connectivity index (χ0) is 26.8. The number of amides is 3. The van der Waals surface area contributed by atoms with Crippen molar-refractivity contribution in [2.75, 3.05) is 23.4 Å². The molecule has 3 aliphatic rings. The van der Waals surface area contributed by atoms with Crippen molar-refractivity contribution in [1.29, 1.82) is 0 Å². The number of carbonyl (C=O) groups is 4. The predicted molar refractivity (Wildman–Crippen MR) is 151 cm³/mol. The Balaban J connectivity index is 1.36. The smallest absolute Gasteiger partial charge is 0.338 e. The van der Waals surface area contributed by atoms with Gasteiger partial charge in [-0.15, -0.1) is 0 Å². The van der Waals surface area contributed by atoms with Crippen LogP contribution in [-0.4, -0.2) is 52.1 Å². The van der Waals surface area contributed by atoms with Crippen molar-refractivity contribution < 1.29 is 23.9 Å². The van der Waals surface area contributed by atoms with Crippen LogP contribution in [0.3, 0.4) is 0 Å². The highest BCUT2D eigenvalue weighted by Crippen LogP contribution is 2.45. The van der Waals surface area contributed by atoms with Crippen molar-refractivity contribution >= 4 is 68.9 Å². The highest BCUT2D eigenvalue weighted by atomic mass is 32.2. The molecule has 1 aliphatic carbocycles. The zero-order valence-corrected chi connectivity index (χ0v) is 22.5. The molecule has 2 aromatic carbocycles. The molecule has 2 heterocycles. The van der Waals surface area contributed by atoms with Gasteiger partial charge in [0.1, 0.15) is 10.9 Å². The van der Waals surface area contributed by atoms with Crippen LogP contribution in [0.1, 0.15) is 54.9 Å². The van der Waals surface area contributed by atoms with Gasteiger partial charge in [-0.3, -0.25) is 24.2 Å². The maximum atomic E-state index is 13.7. The van der Waals surface area contributed by atoms with E-state index in [1.807, 2.05) is 6.07 Å². The third-order valence-corrected chi connectivity index (χ3v) is 8.27. The molecule has 196 valence electrons. The number of nitrogens with zero attached hydrogens (tertiary/aromatic N) is 2. The van der Waals surface area contributed by atoms with E-state index in [1.165, 1.54) is 16.7 Å². The summed E-state index contributed by atoms with van der Waals surface area (Å²) >= 11 is 6.75. The lowest BCUT2D eigenvalue weighted by molar-refractivity contribution is -0.124. The van der Waals surface area contributed by atoms with Crippen LogP contribution in [-0.2, 0) is 19.1 Å². The van der Waals surface area contributed by atoms with Gasteiger partial charge >= 0.3 is 5.97 Å². The predicted octanol–water partition coefficient (Wildman–Crippen LogP) is 4.75. The van der Waals surface area contributed by atoms with Crippen LogP contribution in [0.2, 0.25) is 0 Å². The Morgan fingerprint density at radius 2 is 1.74 bits per heavy atom. The van der Waals surface area contributed by atoms with Crippen LogP contribution in [0, 0.1) is 0 Å². The van der Waals surface area contributed by atoms with E-state index >= 15 is 0 Å². The van der Waals surface area contributed by atoms with Gasteiger partial charge in [-0.1, -0.05) is 61.4 Å². The quantitative estimate of drug-likeness (QED) is 0.316. The van der Waals surface area contributed by atoms with Gasteiger partial charge < -0.3 is 10.1 Å². The molecule has 0 aromatic heterocycles. The van der Waals surface area contributed by atoms with Crippen LogP contribution < -0.4 is 10.2 Å². The number of thiocarbonyl (C=S) groups is 1. The van der Waals surface area contributed by atoms with E-state index in [0.717, 1.165) is 32.1 Å². The van der Waals surface area contributed by atoms with Crippen LogP contribution >= 0.6 is 24.0 Å². The van der Waals surface area contributed by atoms with Gasteiger partial charge in [0.05, 0.1) is 28.3 Å². The normalized spacial score (nSPS) is 19.7. The Bertz CT molecular complexity index is 1350. The van der Waals surface area contributed by atoms with Gasteiger partial charge in [0.15, 0.2) is 0 Å². The van der Waals surface area contributed by atoms with Crippen molar-refractivity contribution in [3.63, 3.8) is 0 Å². The lowest BCUT2D eigenvalue weighted by Gasteiger charge is -2.29. The van der Waals surface area contributed by atoms with E-state index in [1.54, 1.807) is 54.3 Å². The van der Waals surface area contributed by atoms with Gasteiger partial charge in [-0.25, -0.2) is 4.79 Å². The molecule has 1 saturated heterocycles. The maximum Gasteiger partial charge on any atom is 0.338 e. The van der Waals surface area contributed by atoms with Crippen molar-refractivity contribution in [3.8, 4) is 0 Å². The van der Waals surface area contributed by atoms with E-state index < -0.39 is 17.8 Å². The van der Waals surface area contributed by atoms with Gasteiger partial charge in [0.2, 0.25) is 5.91 Å². The first-order valence-corrected chi connectivity index (χ1v) is 13.9. The summed E-state index contributed by atoms with van der Waals surface area (Å²) in [6.07, 6.45) is 5.10. The van der Waals surface area contributed by atoms with E-state index in [9.17, 15) is 19.2 Å². The third-order valence-electron chi connectivity index (χ3n) is 6.87. The van der Waals surface area contributed by atoms with Crippen LogP contribution in [0.5, 0.6) is 0 Å². The van der Waals surface area contributed by atoms with E-state index in [0.29, 0.717) is 37.3 Å². The third kappa shape index (κ3) is 4.98. The van der Waals surface area contributed by atoms with Crippen molar-refractivity contribution in [1.82, 2.24) is 4.90 Å². The standard InChI is InChI=1S/C28H27N3O5S2/c1-2-36-27(35)17-12-14-18(15-13-17)29-22(32)16-30-21-11-7-6-10-20(21)23(25(30)33)24-26(34)31(28(37)38-24)19-8-4-3-5-9-19/h6-7,10-15,19H,2-5,8-9,16H2,1H3,(H,29,32). The molecule has 1 N–H and O–H groups in total. The average molecular weight is 550 g/mol. The Morgan fingerprint density at radius 1 is 1.03 bits per heavy atom. The zero-order valence-electron chi connectivity index (χ0n) is 20.9. The fourth-order valence-electron chi connectivity index (χ4n) is 5.09. The Hall–Kier alpha value is -3.50. The minimum atomic E-state index is -0.439. The van der Waals surface area contributed by atoms with Gasteiger partial charge in [-0.2, -0.15) is 0 Å². The van der Waals surface area contributed by atoms with Crippen LogP contribution in [0.4, 0.5) is 11.4 Å². The van der Waals surface area contributed by atoms with Gasteiger partial charge in [0.25, 0.3) is 11.8 Å². The van der Waals surface area contributed by atoms with Crippen LogP contribution in [0.15, 0.2) is 53.4 Å². The van der Waals surface area contributed by atoms with E-state index in [-0.39, 0.29) is 25.1 Å². The second-order valence-corrected chi connectivity index (χ2v) is 10.9. The molecule has 0 unspecified atom stereocenters. The second-order valence-electron chi connectivity index (χ2n) is 9.29. The number of esters is 1. The molecule has 2 aromatic rings. The van der Waals surface area contributed by atoms with Crippen LogP contribution in [0.25, 0.3) is 5.57 Å². The number of para-hydroxylation sites is 1. The number of thioether (sulfide) groups is 1. The fourth-order valence-corrected chi connectivity index (χ4v) is 6.56. The number of nitrogens with one attached hydrogen (secondary N) is 1. The fraction of sp³-hybridized carbons (Fsp3) is 0.321. The first-order valence-electron chi connectivity index (χ1n) is 12.7. The minimum Gasteiger partial charge on any atom is -0.462 e.